The quantitative estimate of drug-likeness (QED) is 0.631. The third kappa shape index (κ3) is 7.13. The standard InChI is InChI=1S/C24H29N3O4/c1-16-3-7-19(8-4-16)26-24(30)27-20-9-13-22(14-10-20)31-21-11-5-18(6-12-21)23(29)25-15-17(2)28/h3-8,11-12,20,22H,9-10,13-15H2,1-2H3,(H,25,29)(H2,26,27,30)/t20-,22-. The van der Waals surface area contributed by atoms with E-state index >= 15 is 0 Å². The van der Waals surface area contributed by atoms with Crippen molar-refractivity contribution in [2.45, 2.75) is 51.7 Å². The Morgan fingerprint density at radius 2 is 1.58 bits per heavy atom. The molecule has 7 nitrogen and oxygen atoms in total. The van der Waals surface area contributed by atoms with Gasteiger partial charge in [0.15, 0.2) is 0 Å². The Bertz CT molecular complexity index is 901. The number of ether oxygens (including phenoxy) is 1. The van der Waals surface area contributed by atoms with Crippen LogP contribution in [0.15, 0.2) is 48.5 Å². The van der Waals surface area contributed by atoms with Crippen molar-refractivity contribution < 1.29 is 19.1 Å². The number of benzene rings is 2. The third-order valence-corrected chi connectivity index (χ3v) is 5.24. The topological polar surface area (TPSA) is 96.5 Å². The first-order chi connectivity index (χ1) is 14.9. The minimum atomic E-state index is -0.280. The lowest BCUT2D eigenvalue weighted by molar-refractivity contribution is -0.116. The molecule has 7 heteroatoms. The predicted molar refractivity (Wildman–Crippen MR) is 119 cm³/mol. The highest BCUT2D eigenvalue weighted by Gasteiger charge is 2.23. The van der Waals surface area contributed by atoms with Gasteiger partial charge in [-0.25, -0.2) is 4.79 Å². The van der Waals surface area contributed by atoms with Gasteiger partial charge >= 0.3 is 6.03 Å². The molecule has 0 spiro atoms. The number of anilines is 1. The smallest absolute Gasteiger partial charge is 0.319 e. The van der Waals surface area contributed by atoms with Gasteiger partial charge in [0, 0.05) is 17.3 Å². The van der Waals surface area contributed by atoms with Crippen LogP contribution < -0.4 is 20.7 Å². The molecule has 0 saturated heterocycles. The van der Waals surface area contributed by atoms with Crippen LogP contribution in [0.4, 0.5) is 10.5 Å². The van der Waals surface area contributed by atoms with Gasteiger partial charge in [-0.2, -0.15) is 0 Å². The van der Waals surface area contributed by atoms with Crippen LogP contribution in [0.5, 0.6) is 5.75 Å². The normalized spacial score (nSPS) is 18.0. The summed E-state index contributed by atoms with van der Waals surface area (Å²) in [5, 5.41) is 8.46. The van der Waals surface area contributed by atoms with Crippen molar-refractivity contribution in [1.82, 2.24) is 10.6 Å². The molecule has 0 radical (unpaired) electrons. The molecular formula is C24H29N3O4. The molecule has 1 fully saturated rings. The number of amides is 3. The molecule has 164 valence electrons. The van der Waals surface area contributed by atoms with Gasteiger partial charge in [0.1, 0.15) is 11.5 Å². The number of carbonyl (C=O) groups excluding carboxylic acids is 3. The summed E-state index contributed by atoms with van der Waals surface area (Å²) in [5.41, 5.74) is 2.41. The molecule has 0 atom stereocenters. The molecule has 0 heterocycles. The number of rotatable bonds is 7. The van der Waals surface area contributed by atoms with E-state index < -0.39 is 0 Å². The summed E-state index contributed by atoms with van der Waals surface area (Å²) in [4.78, 5) is 35.1. The molecule has 3 N–H and O–H groups in total. The number of aryl methyl sites for hydroxylation is 1. The molecule has 0 unspecified atom stereocenters. The molecule has 1 aliphatic rings. The zero-order valence-corrected chi connectivity index (χ0v) is 17.9. The molecule has 0 aliphatic heterocycles. The molecule has 3 amide bonds. The zero-order valence-electron chi connectivity index (χ0n) is 17.9. The van der Waals surface area contributed by atoms with E-state index in [1.165, 1.54) is 6.92 Å². The van der Waals surface area contributed by atoms with E-state index in [0.29, 0.717) is 11.3 Å². The number of ketones is 1. The van der Waals surface area contributed by atoms with Crippen molar-refractivity contribution in [3.05, 3.63) is 59.7 Å². The Balaban J connectivity index is 1.40. The summed E-state index contributed by atoms with van der Waals surface area (Å²) < 4.78 is 6.03. The van der Waals surface area contributed by atoms with Crippen molar-refractivity contribution in [3.8, 4) is 5.75 Å². The second-order valence-corrected chi connectivity index (χ2v) is 7.97. The van der Waals surface area contributed by atoms with Crippen molar-refractivity contribution >= 4 is 23.4 Å². The fourth-order valence-corrected chi connectivity index (χ4v) is 3.50. The lowest BCUT2D eigenvalue weighted by atomic mass is 9.93. The van der Waals surface area contributed by atoms with Crippen LogP contribution >= 0.6 is 0 Å². The van der Waals surface area contributed by atoms with E-state index in [-0.39, 0.29) is 36.4 Å². The van der Waals surface area contributed by atoms with E-state index in [1.54, 1.807) is 24.3 Å². The van der Waals surface area contributed by atoms with Crippen molar-refractivity contribution in [2.24, 2.45) is 0 Å². The summed E-state index contributed by atoms with van der Waals surface area (Å²) in [6, 6.07) is 14.5. The van der Waals surface area contributed by atoms with E-state index in [9.17, 15) is 14.4 Å². The van der Waals surface area contributed by atoms with Crippen LogP contribution in [0.1, 0.15) is 48.5 Å². The second-order valence-electron chi connectivity index (χ2n) is 7.97. The molecule has 3 rings (SSSR count). The minimum Gasteiger partial charge on any atom is -0.490 e. The Labute approximate surface area is 182 Å². The van der Waals surface area contributed by atoms with Gasteiger partial charge < -0.3 is 20.7 Å². The predicted octanol–water partition coefficient (Wildman–Crippen LogP) is 3.83. The molecule has 0 bridgehead atoms. The lowest BCUT2D eigenvalue weighted by Gasteiger charge is -2.29. The van der Waals surface area contributed by atoms with Gasteiger partial charge in [-0.15, -0.1) is 0 Å². The Kier molecular flexibility index (Phi) is 7.65. The van der Waals surface area contributed by atoms with Crippen LogP contribution in [0.2, 0.25) is 0 Å². The summed E-state index contributed by atoms with van der Waals surface area (Å²) in [7, 11) is 0. The first-order valence-corrected chi connectivity index (χ1v) is 10.6. The van der Waals surface area contributed by atoms with Crippen molar-refractivity contribution in [2.75, 3.05) is 11.9 Å². The molecule has 0 aromatic heterocycles. The number of Topliss-reactive ketones (excluding diaryl/α,β-unsaturated/α-hetero) is 1. The van der Waals surface area contributed by atoms with Gasteiger partial charge in [-0.05, 0) is 75.9 Å². The maximum absolute atomic E-state index is 12.2. The molecule has 31 heavy (non-hydrogen) atoms. The number of urea groups is 1. The second kappa shape index (κ2) is 10.6. The third-order valence-electron chi connectivity index (χ3n) is 5.24. The number of carbonyl (C=O) groups is 3. The van der Waals surface area contributed by atoms with Crippen LogP contribution in [-0.4, -0.2) is 36.4 Å². The zero-order chi connectivity index (χ0) is 22.2. The van der Waals surface area contributed by atoms with Crippen molar-refractivity contribution in [1.29, 1.82) is 0 Å². The van der Waals surface area contributed by atoms with E-state index in [0.717, 1.165) is 36.9 Å². The minimum absolute atomic E-state index is 0.0252. The molecule has 1 aliphatic carbocycles. The first kappa shape index (κ1) is 22.3. The number of hydrogen-bond acceptors (Lipinski definition) is 4. The van der Waals surface area contributed by atoms with Gasteiger partial charge in [-0.1, -0.05) is 17.7 Å². The maximum Gasteiger partial charge on any atom is 0.319 e. The monoisotopic (exact) mass is 423 g/mol. The fourth-order valence-electron chi connectivity index (χ4n) is 3.50. The van der Waals surface area contributed by atoms with Crippen LogP contribution in [0.3, 0.4) is 0 Å². The van der Waals surface area contributed by atoms with Gasteiger partial charge in [0.25, 0.3) is 5.91 Å². The lowest BCUT2D eigenvalue weighted by Crippen LogP contribution is -2.41. The van der Waals surface area contributed by atoms with Crippen molar-refractivity contribution in [3.63, 3.8) is 0 Å². The average molecular weight is 424 g/mol. The average Bonchev–Trinajstić information content (AvgIpc) is 2.75. The Morgan fingerprint density at radius 3 is 2.19 bits per heavy atom. The summed E-state index contributed by atoms with van der Waals surface area (Å²) in [6.45, 7) is 3.46. The summed E-state index contributed by atoms with van der Waals surface area (Å²) in [5.74, 6) is 0.333. The van der Waals surface area contributed by atoms with Gasteiger partial charge in [-0.3, -0.25) is 9.59 Å². The summed E-state index contributed by atoms with van der Waals surface area (Å²) >= 11 is 0. The molecular weight excluding hydrogens is 394 g/mol. The Morgan fingerprint density at radius 1 is 0.935 bits per heavy atom. The van der Waals surface area contributed by atoms with E-state index in [4.69, 9.17) is 4.74 Å². The van der Waals surface area contributed by atoms with Crippen LogP contribution in [0.25, 0.3) is 0 Å². The first-order valence-electron chi connectivity index (χ1n) is 10.6. The van der Waals surface area contributed by atoms with Gasteiger partial charge in [0.2, 0.25) is 0 Å². The highest BCUT2D eigenvalue weighted by Crippen LogP contribution is 2.24. The number of nitrogens with one attached hydrogen (secondary N) is 3. The highest BCUT2D eigenvalue weighted by molar-refractivity contribution is 5.96. The van der Waals surface area contributed by atoms with E-state index in [1.807, 2.05) is 31.2 Å². The van der Waals surface area contributed by atoms with Crippen LogP contribution in [-0.2, 0) is 4.79 Å². The SMILES string of the molecule is CC(=O)CNC(=O)c1ccc(O[C@H]2CC[C@H](NC(=O)Nc3ccc(C)cc3)CC2)cc1. The highest BCUT2D eigenvalue weighted by atomic mass is 16.5. The van der Waals surface area contributed by atoms with E-state index in [2.05, 4.69) is 16.0 Å². The molecule has 2 aromatic rings. The fraction of sp³-hybridized carbons (Fsp3) is 0.375. The number of hydrogen-bond donors (Lipinski definition) is 3. The molecule has 1 saturated carbocycles. The maximum atomic E-state index is 12.2. The van der Waals surface area contributed by atoms with Gasteiger partial charge in [0.05, 0.1) is 12.6 Å². The Hall–Kier alpha value is -3.35. The molecule has 2 aromatic carbocycles. The largest absolute Gasteiger partial charge is 0.490 e. The van der Waals surface area contributed by atoms with Crippen LogP contribution in [0, 0.1) is 6.92 Å². The summed E-state index contributed by atoms with van der Waals surface area (Å²) in [6.07, 6.45) is 3.46.